The molecule has 152 valence electrons. The van der Waals surface area contributed by atoms with Gasteiger partial charge < -0.3 is 14.5 Å². The summed E-state index contributed by atoms with van der Waals surface area (Å²) in [6.07, 6.45) is 0.266. The van der Waals surface area contributed by atoms with Crippen LogP contribution in [0, 0.1) is 0 Å². The maximum absolute atomic E-state index is 13.0. The first-order valence-corrected chi connectivity index (χ1v) is 10.4. The lowest BCUT2D eigenvalue weighted by Crippen LogP contribution is -3.19. The van der Waals surface area contributed by atoms with Crippen LogP contribution in [0.25, 0.3) is 0 Å². The average molecular weight is 415 g/mol. The molecule has 6 nitrogen and oxygen atoms in total. The molecule has 1 unspecified atom stereocenters. The fourth-order valence-corrected chi connectivity index (χ4v) is 4.26. The first-order chi connectivity index (χ1) is 14.1. The number of ether oxygens (including phenoxy) is 1. The number of hydrogen-bond acceptors (Lipinski definition) is 4. The molecule has 2 aromatic rings. The third-order valence-electron chi connectivity index (χ3n) is 5.64. The van der Waals surface area contributed by atoms with Crippen molar-refractivity contribution >= 4 is 34.8 Å². The molecule has 0 radical (unpaired) electrons. The highest BCUT2D eigenvalue weighted by molar-refractivity contribution is 6.30. The number of nitrogens with zero attached hydrogens (tertiary/aromatic N) is 2. The Morgan fingerprint density at radius 3 is 2.24 bits per heavy atom. The van der Waals surface area contributed by atoms with Gasteiger partial charge in [-0.3, -0.25) is 9.59 Å². The second kappa shape index (κ2) is 8.43. The highest BCUT2D eigenvalue weighted by Gasteiger charge is 2.46. The van der Waals surface area contributed by atoms with Crippen molar-refractivity contribution in [3.05, 3.63) is 53.6 Å². The van der Waals surface area contributed by atoms with Gasteiger partial charge >= 0.3 is 0 Å². The number of amides is 2. The molecule has 29 heavy (non-hydrogen) atoms. The van der Waals surface area contributed by atoms with Gasteiger partial charge in [0.25, 0.3) is 5.91 Å². The van der Waals surface area contributed by atoms with Gasteiger partial charge in [-0.1, -0.05) is 11.6 Å². The summed E-state index contributed by atoms with van der Waals surface area (Å²) in [6, 6.07) is 14.7. The number of rotatable bonds is 5. The average Bonchev–Trinajstić information content (AvgIpc) is 3.04. The monoisotopic (exact) mass is 414 g/mol. The fourth-order valence-electron chi connectivity index (χ4n) is 4.13. The van der Waals surface area contributed by atoms with Crippen molar-refractivity contribution in [2.75, 3.05) is 42.6 Å². The van der Waals surface area contributed by atoms with E-state index in [9.17, 15) is 9.59 Å². The lowest BCUT2D eigenvalue weighted by molar-refractivity contribution is -0.915. The molecule has 0 aromatic heterocycles. The minimum absolute atomic E-state index is 0.103. The van der Waals surface area contributed by atoms with Crippen LogP contribution in [-0.2, 0) is 9.59 Å². The van der Waals surface area contributed by atoms with E-state index in [-0.39, 0.29) is 24.3 Å². The Kier molecular flexibility index (Phi) is 5.74. The number of carbonyl (C=O) groups is 2. The van der Waals surface area contributed by atoms with Gasteiger partial charge in [-0.2, -0.15) is 0 Å². The minimum Gasteiger partial charge on any atom is -0.494 e. The van der Waals surface area contributed by atoms with E-state index in [4.69, 9.17) is 16.3 Å². The first-order valence-electron chi connectivity index (χ1n) is 10.0. The fraction of sp³-hybridized carbons (Fsp3) is 0.364. The molecule has 2 heterocycles. The zero-order valence-corrected chi connectivity index (χ0v) is 17.2. The van der Waals surface area contributed by atoms with E-state index >= 15 is 0 Å². The molecular weight excluding hydrogens is 390 g/mol. The number of carbonyl (C=O) groups excluding carboxylic acids is 2. The van der Waals surface area contributed by atoms with Gasteiger partial charge in [-0.25, -0.2) is 4.90 Å². The van der Waals surface area contributed by atoms with Crippen molar-refractivity contribution in [2.24, 2.45) is 0 Å². The highest BCUT2D eigenvalue weighted by atomic mass is 35.5. The summed E-state index contributed by atoms with van der Waals surface area (Å²) in [5.74, 6) is 0.502. The zero-order chi connectivity index (χ0) is 20.4. The third-order valence-corrected chi connectivity index (χ3v) is 5.89. The number of nitrogens with one attached hydrogen (secondary N) is 1. The summed E-state index contributed by atoms with van der Waals surface area (Å²) in [6.45, 7) is 5.83. The summed E-state index contributed by atoms with van der Waals surface area (Å²) in [7, 11) is 0. The molecule has 1 N–H and O–H groups in total. The highest BCUT2D eigenvalue weighted by Crippen LogP contribution is 2.25. The van der Waals surface area contributed by atoms with Crippen molar-refractivity contribution in [2.45, 2.75) is 19.4 Å². The largest absolute Gasteiger partial charge is 0.494 e. The molecule has 7 heteroatoms. The molecule has 0 aliphatic carbocycles. The van der Waals surface area contributed by atoms with Crippen LogP contribution < -0.4 is 19.4 Å². The number of anilines is 2. The maximum atomic E-state index is 13.0. The molecule has 0 spiro atoms. The van der Waals surface area contributed by atoms with Gasteiger partial charge in [0.2, 0.25) is 5.91 Å². The number of hydrogen-bond donors (Lipinski definition) is 1. The third kappa shape index (κ3) is 4.09. The SMILES string of the molecule is CCOc1ccc(N2C(=O)CC([NH+]3CCN(c4ccc(Cl)cc4)CC3)C2=O)cc1. The zero-order valence-electron chi connectivity index (χ0n) is 16.4. The number of quaternary nitrogens is 1. The quantitative estimate of drug-likeness (QED) is 0.758. The Morgan fingerprint density at radius 2 is 1.62 bits per heavy atom. The summed E-state index contributed by atoms with van der Waals surface area (Å²) >= 11 is 5.97. The second-order valence-corrected chi connectivity index (χ2v) is 7.81. The van der Waals surface area contributed by atoms with E-state index in [0.29, 0.717) is 12.3 Å². The van der Waals surface area contributed by atoms with Crippen LogP contribution in [0.1, 0.15) is 13.3 Å². The molecule has 2 aliphatic rings. The number of imide groups is 1. The van der Waals surface area contributed by atoms with Gasteiger partial charge in [-0.15, -0.1) is 0 Å². The van der Waals surface area contributed by atoms with Crippen molar-refractivity contribution in [1.29, 1.82) is 0 Å². The normalized spacial score (nSPS) is 20.4. The summed E-state index contributed by atoms with van der Waals surface area (Å²) in [5, 5.41) is 0.724. The van der Waals surface area contributed by atoms with Crippen molar-refractivity contribution in [3.63, 3.8) is 0 Å². The first kappa shape index (κ1) is 19.7. The molecule has 2 aliphatic heterocycles. The van der Waals surface area contributed by atoms with E-state index in [1.807, 2.05) is 31.2 Å². The molecular formula is C22H25ClN3O3+. The van der Waals surface area contributed by atoms with Crippen molar-refractivity contribution in [1.82, 2.24) is 0 Å². The van der Waals surface area contributed by atoms with Crippen LogP contribution >= 0.6 is 11.6 Å². The number of piperazine rings is 1. The van der Waals surface area contributed by atoms with E-state index in [0.717, 1.165) is 42.6 Å². The predicted molar refractivity (Wildman–Crippen MR) is 113 cm³/mol. The minimum atomic E-state index is -0.304. The summed E-state index contributed by atoms with van der Waals surface area (Å²) in [4.78, 5) is 30.5. The number of benzene rings is 2. The van der Waals surface area contributed by atoms with Crippen LogP contribution in [0.4, 0.5) is 11.4 Å². The Labute approximate surface area is 175 Å². The number of halogens is 1. The summed E-state index contributed by atoms with van der Waals surface area (Å²) < 4.78 is 5.44. The van der Waals surface area contributed by atoms with Gasteiger partial charge in [-0.05, 0) is 55.5 Å². The lowest BCUT2D eigenvalue weighted by atomic mass is 10.1. The Morgan fingerprint density at radius 1 is 1.00 bits per heavy atom. The van der Waals surface area contributed by atoms with Crippen LogP contribution in [0.15, 0.2) is 48.5 Å². The van der Waals surface area contributed by atoms with Crippen LogP contribution in [0.5, 0.6) is 5.75 Å². The van der Waals surface area contributed by atoms with Gasteiger partial charge in [0.15, 0.2) is 6.04 Å². The van der Waals surface area contributed by atoms with Gasteiger partial charge in [0, 0.05) is 10.7 Å². The molecule has 0 saturated carbocycles. The van der Waals surface area contributed by atoms with E-state index in [1.54, 1.807) is 24.3 Å². The smallest absolute Gasteiger partial charge is 0.292 e. The lowest BCUT2D eigenvalue weighted by Gasteiger charge is -2.35. The van der Waals surface area contributed by atoms with E-state index < -0.39 is 0 Å². The predicted octanol–water partition coefficient (Wildman–Crippen LogP) is 1.78. The molecule has 0 bridgehead atoms. The maximum Gasteiger partial charge on any atom is 0.292 e. The molecule has 1 atom stereocenters. The van der Waals surface area contributed by atoms with Crippen LogP contribution in [-0.4, -0.2) is 50.6 Å². The molecule has 2 fully saturated rings. The van der Waals surface area contributed by atoms with Crippen molar-refractivity contribution in [3.8, 4) is 5.75 Å². The van der Waals surface area contributed by atoms with Crippen LogP contribution in [0.2, 0.25) is 5.02 Å². The van der Waals surface area contributed by atoms with Crippen LogP contribution in [0.3, 0.4) is 0 Å². The Balaban J connectivity index is 1.40. The Hall–Kier alpha value is -2.57. The molecule has 4 rings (SSSR count). The standard InChI is InChI=1S/C22H24ClN3O3/c1-2-29-19-9-7-18(8-10-19)26-21(27)15-20(22(26)28)25-13-11-24(12-14-25)17-5-3-16(23)4-6-17/h3-10,20H,2,11-15H2,1H3/p+1. The summed E-state index contributed by atoms with van der Waals surface area (Å²) in [5.41, 5.74) is 1.75. The van der Waals surface area contributed by atoms with E-state index in [1.165, 1.54) is 9.80 Å². The molecule has 2 amide bonds. The second-order valence-electron chi connectivity index (χ2n) is 7.37. The molecule has 2 aromatic carbocycles. The van der Waals surface area contributed by atoms with Gasteiger partial charge in [0.05, 0.1) is 44.9 Å². The Bertz CT molecular complexity index is 877. The van der Waals surface area contributed by atoms with E-state index in [2.05, 4.69) is 4.90 Å². The topological polar surface area (TPSA) is 54.3 Å². The van der Waals surface area contributed by atoms with Gasteiger partial charge in [0.1, 0.15) is 5.75 Å². The van der Waals surface area contributed by atoms with Crippen molar-refractivity contribution < 1.29 is 19.2 Å². The molecule has 2 saturated heterocycles.